The van der Waals surface area contributed by atoms with Gasteiger partial charge in [0.25, 0.3) is 5.91 Å². The zero-order valence-corrected chi connectivity index (χ0v) is 15.8. The van der Waals surface area contributed by atoms with Crippen LogP contribution in [-0.2, 0) is 25.7 Å². The zero-order chi connectivity index (χ0) is 19.6. The van der Waals surface area contributed by atoms with Gasteiger partial charge in [0.2, 0.25) is 0 Å². The minimum atomic E-state index is -0.633. The number of halogens is 1. The van der Waals surface area contributed by atoms with Crippen molar-refractivity contribution in [1.29, 1.82) is 0 Å². The second-order valence-electron chi connectivity index (χ2n) is 5.49. The van der Waals surface area contributed by atoms with Gasteiger partial charge in [-0.2, -0.15) is 5.10 Å². The van der Waals surface area contributed by atoms with E-state index in [4.69, 9.17) is 4.74 Å². The van der Waals surface area contributed by atoms with E-state index in [1.165, 1.54) is 19.4 Å². The van der Waals surface area contributed by atoms with Crippen LogP contribution < -0.4 is 5.32 Å². The third-order valence-corrected chi connectivity index (χ3v) is 4.33. The molecule has 0 aliphatic carbocycles. The van der Waals surface area contributed by atoms with E-state index >= 15 is 0 Å². The molecule has 0 spiro atoms. The number of methoxy groups -OCH3 is 1. The fraction of sp³-hybridized carbons (Fsp3) is 0.333. The average Bonchev–Trinajstić information content (AvgIpc) is 2.99. The lowest BCUT2D eigenvalue weighted by molar-refractivity contribution is -0.135. The molecule has 0 bridgehead atoms. The quantitative estimate of drug-likeness (QED) is 0.241. The van der Waals surface area contributed by atoms with Gasteiger partial charge in [0.1, 0.15) is 5.82 Å². The summed E-state index contributed by atoms with van der Waals surface area (Å²) in [4.78, 5) is 23.0. The number of carbonyl (C=O) groups excluding carboxylic acids is 2. The summed E-state index contributed by atoms with van der Waals surface area (Å²) in [7, 11) is 1.22. The van der Waals surface area contributed by atoms with Crippen LogP contribution in [0.2, 0.25) is 0 Å². The highest BCUT2D eigenvalue weighted by Gasteiger charge is 2.24. The lowest BCUT2D eigenvalue weighted by Gasteiger charge is -2.05. The monoisotopic (exact) mass is 393 g/mol. The summed E-state index contributed by atoms with van der Waals surface area (Å²) >= 11 is 0.961. The Morgan fingerprint density at radius 2 is 2.22 bits per heavy atom. The molecule has 1 heterocycles. The molecule has 1 aromatic rings. The Bertz CT molecular complexity index is 793. The minimum Gasteiger partial charge on any atom is -0.466 e. The first-order valence-corrected chi connectivity index (χ1v) is 9.11. The van der Waals surface area contributed by atoms with Crippen molar-refractivity contribution >= 4 is 35.0 Å². The van der Waals surface area contributed by atoms with Crippen LogP contribution >= 0.6 is 11.8 Å². The summed E-state index contributed by atoms with van der Waals surface area (Å²) in [6.45, 7) is 2.89. The molecular formula is C18H20FN3O4S. The van der Waals surface area contributed by atoms with Gasteiger partial charge in [0.05, 0.1) is 24.8 Å². The lowest BCUT2D eigenvalue weighted by atomic mass is 10.1. The molecule has 0 radical (unpaired) electrons. The van der Waals surface area contributed by atoms with Crippen LogP contribution in [-0.4, -0.2) is 37.0 Å². The number of unbranched alkanes of at least 4 members (excludes halogenated alkanes) is 1. The molecule has 1 fully saturated rings. The molecule has 0 aromatic heterocycles. The standard InChI is InChI=1S/C18H20FN3O4S/c1-3-4-7-26-11-13-6-5-12(8-14(13)19)10-20-22-18-21-17(24)15(27-18)9-16(23)25-2/h5-6,8-10H,3-4,7,11H2,1-2H3,(H,21,22,24)/b15-9+,20-10?. The maximum atomic E-state index is 14.1. The Morgan fingerprint density at radius 3 is 2.93 bits per heavy atom. The summed E-state index contributed by atoms with van der Waals surface area (Å²) in [5, 5.41) is 10.4. The van der Waals surface area contributed by atoms with Crippen molar-refractivity contribution < 1.29 is 23.5 Å². The highest BCUT2D eigenvalue weighted by molar-refractivity contribution is 8.18. The number of esters is 1. The van der Waals surface area contributed by atoms with Crippen molar-refractivity contribution in [3.8, 4) is 0 Å². The molecule has 0 atom stereocenters. The first kappa shape index (κ1) is 20.8. The van der Waals surface area contributed by atoms with E-state index in [0.29, 0.717) is 17.7 Å². The highest BCUT2D eigenvalue weighted by Crippen LogP contribution is 2.23. The smallest absolute Gasteiger partial charge is 0.331 e. The number of thioether (sulfide) groups is 1. The van der Waals surface area contributed by atoms with E-state index < -0.39 is 11.9 Å². The maximum absolute atomic E-state index is 14.1. The zero-order valence-electron chi connectivity index (χ0n) is 15.0. The molecule has 0 unspecified atom stereocenters. The van der Waals surface area contributed by atoms with E-state index in [-0.39, 0.29) is 22.5 Å². The first-order chi connectivity index (χ1) is 13.0. The Balaban J connectivity index is 1.95. The van der Waals surface area contributed by atoms with Gasteiger partial charge >= 0.3 is 5.97 Å². The Kier molecular flexibility index (Phi) is 8.15. The van der Waals surface area contributed by atoms with E-state index in [1.807, 2.05) is 0 Å². The number of hydrogen-bond donors (Lipinski definition) is 1. The number of amidine groups is 1. The predicted molar refractivity (Wildman–Crippen MR) is 102 cm³/mol. The van der Waals surface area contributed by atoms with Gasteiger partial charge in [0, 0.05) is 18.2 Å². The van der Waals surface area contributed by atoms with Gasteiger partial charge in [-0.05, 0) is 29.8 Å². The van der Waals surface area contributed by atoms with Gasteiger partial charge in [0.15, 0.2) is 5.17 Å². The predicted octanol–water partition coefficient (Wildman–Crippen LogP) is 2.75. The van der Waals surface area contributed by atoms with Gasteiger partial charge in [-0.15, -0.1) is 5.10 Å². The molecule has 9 heteroatoms. The first-order valence-electron chi connectivity index (χ1n) is 8.29. The summed E-state index contributed by atoms with van der Waals surface area (Å²) in [6, 6.07) is 4.68. The van der Waals surface area contributed by atoms with Crippen molar-refractivity contribution in [3.05, 3.63) is 46.1 Å². The summed E-state index contributed by atoms with van der Waals surface area (Å²) in [5.41, 5.74) is 1.000. The molecule has 1 aromatic carbocycles. The third kappa shape index (κ3) is 6.61. The molecule has 1 saturated heterocycles. The largest absolute Gasteiger partial charge is 0.466 e. The van der Waals surface area contributed by atoms with Crippen LogP contribution in [0.1, 0.15) is 30.9 Å². The average molecular weight is 393 g/mol. The number of nitrogens with zero attached hydrogens (tertiary/aromatic N) is 2. The van der Waals surface area contributed by atoms with Crippen LogP contribution in [0, 0.1) is 5.82 Å². The van der Waals surface area contributed by atoms with E-state index in [2.05, 4.69) is 27.2 Å². The Morgan fingerprint density at radius 1 is 1.41 bits per heavy atom. The molecule has 0 saturated carbocycles. The van der Waals surface area contributed by atoms with Gasteiger partial charge in [-0.3, -0.25) is 10.1 Å². The van der Waals surface area contributed by atoms with Crippen molar-refractivity contribution in [2.45, 2.75) is 26.4 Å². The Labute approximate surface area is 160 Å². The molecule has 2 rings (SSSR count). The number of amides is 1. The van der Waals surface area contributed by atoms with Crippen molar-refractivity contribution in [3.63, 3.8) is 0 Å². The molecule has 1 amide bonds. The number of nitrogens with one attached hydrogen (secondary N) is 1. The number of hydrogen-bond acceptors (Lipinski definition) is 7. The molecule has 1 aliphatic rings. The van der Waals surface area contributed by atoms with Crippen LogP contribution in [0.4, 0.5) is 4.39 Å². The number of ether oxygens (including phenoxy) is 2. The van der Waals surface area contributed by atoms with E-state index in [0.717, 1.165) is 30.7 Å². The lowest BCUT2D eigenvalue weighted by Crippen LogP contribution is -2.19. The van der Waals surface area contributed by atoms with Crippen molar-refractivity contribution in [1.82, 2.24) is 5.32 Å². The second kappa shape index (κ2) is 10.6. The summed E-state index contributed by atoms with van der Waals surface area (Å²) in [5.74, 6) is -1.47. The van der Waals surface area contributed by atoms with Crippen LogP contribution in [0.15, 0.2) is 39.4 Å². The third-order valence-electron chi connectivity index (χ3n) is 3.43. The Hall–Kier alpha value is -2.52. The SMILES string of the molecule is CCCCOCc1ccc(C=N/N=C2/NC(=O)/C(=C\C(=O)OC)S2)cc1F. The molecule has 27 heavy (non-hydrogen) atoms. The molecule has 7 nitrogen and oxygen atoms in total. The molecule has 1 aliphatic heterocycles. The van der Waals surface area contributed by atoms with Gasteiger partial charge in [-0.25, -0.2) is 9.18 Å². The highest BCUT2D eigenvalue weighted by atomic mass is 32.2. The summed E-state index contributed by atoms with van der Waals surface area (Å²) in [6.07, 6.45) is 4.41. The van der Waals surface area contributed by atoms with Crippen LogP contribution in [0.3, 0.4) is 0 Å². The summed E-state index contributed by atoms with van der Waals surface area (Å²) < 4.78 is 23.9. The van der Waals surface area contributed by atoms with Crippen molar-refractivity contribution in [2.75, 3.05) is 13.7 Å². The number of rotatable bonds is 8. The molecule has 144 valence electrons. The molecule has 1 N–H and O–H groups in total. The normalized spacial score (nSPS) is 17.1. The van der Waals surface area contributed by atoms with Gasteiger partial charge < -0.3 is 9.47 Å². The topological polar surface area (TPSA) is 89.4 Å². The maximum Gasteiger partial charge on any atom is 0.331 e. The second-order valence-corrected chi connectivity index (χ2v) is 6.53. The minimum absolute atomic E-state index is 0.161. The fourth-order valence-corrected chi connectivity index (χ4v) is 2.72. The number of benzene rings is 1. The van der Waals surface area contributed by atoms with Crippen LogP contribution in [0.25, 0.3) is 0 Å². The van der Waals surface area contributed by atoms with Crippen molar-refractivity contribution in [2.24, 2.45) is 10.2 Å². The van der Waals surface area contributed by atoms with Crippen LogP contribution in [0.5, 0.6) is 0 Å². The van der Waals surface area contributed by atoms with Gasteiger partial charge in [-0.1, -0.05) is 25.5 Å². The van der Waals surface area contributed by atoms with E-state index in [9.17, 15) is 14.0 Å². The van der Waals surface area contributed by atoms with E-state index in [1.54, 1.807) is 12.1 Å². The molecular weight excluding hydrogens is 373 g/mol. The number of carbonyl (C=O) groups is 2. The fourth-order valence-electron chi connectivity index (χ4n) is 1.98.